The molecule has 0 bridgehead atoms. The first-order chi connectivity index (χ1) is 7.58. The van der Waals surface area contributed by atoms with Crippen molar-refractivity contribution in [2.24, 2.45) is 5.92 Å². The van der Waals surface area contributed by atoms with Gasteiger partial charge in [0, 0.05) is 6.42 Å². The molecule has 0 aromatic carbocycles. The number of methoxy groups -OCH3 is 2. The van der Waals surface area contributed by atoms with Gasteiger partial charge in [-0.1, -0.05) is 13.8 Å². The SMILES string of the molecule is COc1cnc(C(=O)CC(C)C)c(OC)n1. The number of Topliss-reactive ketones (excluding diaryl/α,β-unsaturated/α-hetero) is 1. The summed E-state index contributed by atoms with van der Waals surface area (Å²) >= 11 is 0. The molecule has 5 nitrogen and oxygen atoms in total. The number of carbonyl (C=O) groups excluding carboxylic acids is 1. The summed E-state index contributed by atoms with van der Waals surface area (Å²) in [4.78, 5) is 19.8. The van der Waals surface area contributed by atoms with Crippen molar-refractivity contribution in [2.75, 3.05) is 14.2 Å². The van der Waals surface area contributed by atoms with E-state index in [1.54, 1.807) is 0 Å². The van der Waals surface area contributed by atoms with Gasteiger partial charge in [0.15, 0.2) is 11.5 Å². The molecule has 0 aliphatic heterocycles. The highest BCUT2D eigenvalue weighted by Crippen LogP contribution is 2.19. The van der Waals surface area contributed by atoms with Crippen molar-refractivity contribution in [1.29, 1.82) is 0 Å². The van der Waals surface area contributed by atoms with Crippen molar-refractivity contribution < 1.29 is 14.3 Å². The summed E-state index contributed by atoms with van der Waals surface area (Å²) in [7, 11) is 2.94. The Morgan fingerprint density at radius 3 is 2.56 bits per heavy atom. The Morgan fingerprint density at radius 2 is 2.06 bits per heavy atom. The Kier molecular flexibility index (Phi) is 4.22. The minimum atomic E-state index is -0.0676. The van der Waals surface area contributed by atoms with Crippen molar-refractivity contribution in [3.63, 3.8) is 0 Å². The summed E-state index contributed by atoms with van der Waals surface area (Å²) < 4.78 is 9.92. The molecule has 1 rings (SSSR count). The van der Waals surface area contributed by atoms with Crippen LogP contribution in [-0.2, 0) is 0 Å². The number of ketones is 1. The van der Waals surface area contributed by atoms with E-state index in [9.17, 15) is 4.79 Å². The molecule has 1 heterocycles. The first kappa shape index (κ1) is 12.4. The monoisotopic (exact) mass is 224 g/mol. The number of nitrogens with zero attached hydrogens (tertiary/aromatic N) is 2. The molecule has 1 aromatic heterocycles. The zero-order chi connectivity index (χ0) is 12.1. The number of rotatable bonds is 5. The second kappa shape index (κ2) is 5.44. The van der Waals surface area contributed by atoms with Crippen molar-refractivity contribution in [3.05, 3.63) is 11.9 Å². The van der Waals surface area contributed by atoms with Crippen LogP contribution in [0.3, 0.4) is 0 Å². The van der Waals surface area contributed by atoms with E-state index in [0.29, 0.717) is 12.3 Å². The van der Waals surface area contributed by atoms with Gasteiger partial charge in [0.25, 0.3) is 0 Å². The molecule has 0 aliphatic rings. The lowest BCUT2D eigenvalue weighted by Gasteiger charge is -2.08. The van der Waals surface area contributed by atoms with Gasteiger partial charge in [-0.25, -0.2) is 4.98 Å². The highest BCUT2D eigenvalue weighted by atomic mass is 16.5. The molecule has 0 unspecified atom stereocenters. The van der Waals surface area contributed by atoms with Gasteiger partial charge in [-0.15, -0.1) is 0 Å². The van der Waals surface area contributed by atoms with Gasteiger partial charge in [-0.05, 0) is 5.92 Å². The standard InChI is InChI=1S/C11H16N2O3/c1-7(2)5-8(14)10-11(16-4)13-9(15-3)6-12-10/h6-7H,5H2,1-4H3. The fourth-order valence-electron chi connectivity index (χ4n) is 1.26. The maximum Gasteiger partial charge on any atom is 0.246 e. The molecule has 0 atom stereocenters. The van der Waals surface area contributed by atoms with Crippen LogP contribution in [0, 0.1) is 5.92 Å². The minimum Gasteiger partial charge on any atom is -0.480 e. The quantitative estimate of drug-likeness (QED) is 0.713. The fourth-order valence-corrected chi connectivity index (χ4v) is 1.26. The van der Waals surface area contributed by atoms with Crippen LogP contribution in [0.25, 0.3) is 0 Å². The summed E-state index contributed by atoms with van der Waals surface area (Å²) in [5.41, 5.74) is 0.261. The number of hydrogen-bond donors (Lipinski definition) is 0. The Hall–Kier alpha value is -1.65. The third-order valence-corrected chi connectivity index (χ3v) is 1.98. The van der Waals surface area contributed by atoms with Gasteiger partial charge in [0.2, 0.25) is 11.8 Å². The molecule has 0 amide bonds. The molecule has 0 fully saturated rings. The number of carbonyl (C=O) groups is 1. The van der Waals surface area contributed by atoms with E-state index >= 15 is 0 Å². The van der Waals surface area contributed by atoms with Crippen LogP contribution >= 0.6 is 0 Å². The van der Waals surface area contributed by atoms with Gasteiger partial charge in [-0.3, -0.25) is 4.79 Å². The van der Waals surface area contributed by atoms with Gasteiger partial charge < -0.3 is 9.47 Å². The largest absolute Gasteiger partial charge is 0.480 e. The Morgan fingerprint density at radius 1 is 1.38 bits per heavy atom. The van der Waals surface area contributed by atoms with E-state index in [1.807, 2.05) is 13.8 Å². The lowest BCUT2D eigenvalue weighted by molar-refractivity contribution is 0.0958. The second-order valence-electron chi connectivity index (χ2n) is 3.79. The molecule has 88 valence electrons. The minimum absolute atomic E-state index is 0.0676. The molecule has 0 saturated heterocycles. The molecular weight excluding hydrogens is 208 g/mol. The summed E-state index contributed by atoms with van der Waals surface area (Å²) in [5.74, 6) is 0.756. The van der Waals surface area contributed by atoms with E-state index in [-0.39, 0.29) is 23.3 Å². The average Bonchev–Trinajstić information content (AvgIpc) is 2.27. The predicted octanol–water partition coefficient (Wildman–Crippen LogP) is 1.72. The summed E-state index contributed by atoms with van der Waals surface area (Å²) in [6.45, 7) is 3.95. The Labute approximate surface area is 94.8 Å². The Balaban J connectivity index is 2.99. The molecule has 0 aliphatic carbocycles. The van der Waals surface area contributed by atoms with Crippen LogP contribution < -0.4 is 9.47 Å². The van der Waals surface area contributed by atoms with Gasteiger partial charge >= 0.3 is 0 Å². The predicted molar refractivity (Wildman–Crippen MR) is 58.9 cm³/mol. The smallest absolute Gasteiger partial charge is 0.246 e. The van der Waals surface area contributed by atoms with Crippen LogP contribution in [0.5, 0.6) is 11.8 Å². The first-order valence-corrected chi connectivity index (χ1v) is 5.06. The van der Waals surface area contributed by atoms with Crippen LogP contribution in [0.1, 0.15) is 30.8 Å². The number of aromatic nitrogens is 2. The normalized spacial score (nSPS) is 10.3. The van der Waals surface area contributed by atoms with Crippen molar-refractivity contribution in [2.45, 2.75) is 20.3 Å². The van der Waals surface area contributed by atoms with Crippen molar-refractivity contribution >= 4 is 5.78 Å². The van der Waals surface area contributed by atoms with E-state index in [0.717, 1.165) is 0 Å². The van der Waals surface area contributed by atoms with Gasteiger partial charge in [0.1, 0.15) is 0 Å². The number of ether oxygens (including phenoxy) is 2. The zero-order valence-corrected chi connectivity index (χ0v) is 9.98. The lowest BCUT2D eigenvalue weighted by Crippen LogP contribution is -2.09. The number of hydrogen-bond acceptors (Lipinski definition) is 5. The van der Waals surface area contributed by atoms with Crippen LogP contribution in [0.2, 0.25) is 0 Å². The lowest BCUT2D eigenvalue weighted by atomic mass is 10.1. The van der Waals surface area contributed by atoms with Crippen molar-refractivity contribution in [3.8, 4) is 11.8 Å². The van der Waals surface area contributed by atoms with E-state index in [4.69, 9.17) is 9.47 Å². The second-order valence-corrected chi connectivity index (χ2v) is 3.79. The van der Waals surface area contributed by atoms with Crippen LogP contribution in [-0.4, -0.2) is 30.0 Å². The summed E-state index contributed by atoms with van der Waals surface area (Å²) in [6.07, 6.45) is 1.84. The maximum absolute atomic E-state index is 11.8. The molecule has 0 N–H and O–H groups in total. The Bertz CT molecular complexity index is 377. The summed E-state index contributed by atoms with van der Waals surface area (Å²) in [5, 5.41) is 0. The van der Waals surface area contributed by atoms with Crippen molar-refractivity contribution in [1.82, 2.24) is 9.97 Å². The third kappa shape index (κ3) is 2.92. The molecule has 16 heavy (non-hydrogen) atoms. The van der Waals surface area contributed by atoms with E-state index in [2.05, 4.69) is 9.97 Å². The molecule has 1 aromatic rings. The fraction of sp³-hybridized carbons (Fsp3) is 0.545. The van der Waals surface area contributed by atoms with Crippen LogP contribution in [0.15, 0.2) is 6.20 Å². The topological polar surface area (TPSA) is 61.3 Å². The van der Waals surface area contributed by atoms with E-state index in [1.165, 1.54) is 20.4 Å². The molecule has 0 radical (unpaired) electrons. The van der Waals surface area contributed by atoms with Gasteiger partial charge in [0.05, 0.1) is 20.4 Å². The average molecular weight is 224 g/mol. The third-order valence-electron chi connectivity index (χ3n) is 1.98. The van der Waals surface area contributed by atoms with Gasteiger partial charge in [-0.2, -0.15) is 4.98 Å². The zero-order valence-electron chi connectivity index (χ0n) is 9.98. The summed E-state index contributed by atoms with van der Waals surface area (Å²) in [6, 6.07) is 0. The first-order valence-electron chi connectivity index (χ1n) is 5.06. The maximum atomic E-state index is 11.8. The van der Waals surface area contributed by atoms with E-state index < -0.39 is 0 Å². The highest BCUT2D eigenvalue weighted by Gasteiger charge is 2.17. The highest BCUT2D eigenvalue weighted by molar-refractivity contribution is 5.96. The molecular formula is C11H16N2O3. The molecule has 5 heteroatoms. The molecule has 0 saturated carbocycles. The van der Waals surface area contributed by atoms with Crippen LogP contribution in [0.4, 0.5) is 0 Å². The molecule has 0 spiro atoms.